The number of rotatable bonds is 6. The first-order valence-corrected chi connectivity index (χ1v) is 11.8. The van der Waals surface area contributed by atoms with Crippen molar-refractivity contribution >= 4 is 27.7 Å². The van der Waals surface area contributed by atoms with Gasteiger partial charge in [0.25, 0.3) is 0 Å². The molecule has 2 aromatic carbocycles. The Kier molecular flexibility index (Phi) is 6.74. The van der Waals surface area contributed by atoms with E-state index in [1.807, 2.05) is 30.5 Å². The largest absolute Gasteiger partial charge is 0.351 e. The summed E-state index contributed by atoms with van der Waals surface area (Å²) in [7, 11) is -3.86. The van der Waals surface area contributed by atoms with E-state index in [9.17, 15) is 17.6 Å². The van der Waals surface area contributed by atoms with Crippen molar-refractivity contribution in [3.8, 4) is 0 Å². The van der Waals surface area contributed by atoms with Crippen LogP contribution in [0.2, 0.25) is 0 Å². The number of sulfonamides is 1. The van der Waals surface area contributed by atoms with E-state index in [0.717, 1.165) is 29.0 Å². The summed E-state index contributed by atoms with van der Waals surface area (Å²) >= 11 is 1.64. The van der Waals surface area contributed by atoms with Gasteiger partial charge in [-0.25, -0.2) is 12.8 Å². The van der Waals surface area contributed by atoms with E-state index in [-0.39, 0.29) is 17.3 Å². The number of amides is 1. The van der Waals surface area contributed by atoms with Crippen molar-refractivity contribution in [1.29, 1.82) is 0 Å². The molecule has 1 saturated heterocycles. The lowest BCUT2D eigenvalue weighted by molar-refractivity contribution is -0.125. The molecule has 0 unspecified atom stereocenters. The van der Waals surface area contributed by atoms with Gasteiger partial charge in [-0.15, -0.1) is 11.8 Å². The van der Waals surface area contributed by atoms with Crippen LogP contribution in [-0.4, -0.2) is 37.5 Å². The fourth-order valence-corrected chi connectivity index (χ4v) is 5.31. The lowest BCUT2D eigenvalue weighted by atomic mass is 10.0. The summed E-state index contributed by atoms with van der Waals surface area (Å²) in [4.78, 5) is 13.9. The van der Waals surface area contributed by atoms with Gasteiger partial charge in [0.05, 0.1) is 4.90 Å². The summed E-state index contributed by atoms with van der Waals surface area (Å²) in [5, 5.41) is 2.86. The minimum atomic E-state index is -3.86. The van der Waals surface area contributed by atoms with Crippen molar-refractivity contribution in [3.63, 3.8) is 0 Å². The van der Waals surface area contributed by atoms with E-state index in [0.29, 0.717) is 19.4 Å². The zero-order valence-electron chi connectivity index (χ0n) is 15.6. The summed E-state index contributed by atoms with van der Waals surface area (Å²) in [5.74, 6) is -0.807. The Labute approximate surface area is 169 Å². The molecular formula is C20H23FN2O3S2. The number of hydrogen-bond acceptors (Lipinski definition) is 4. The highest BCUT2D eigenvalue weighted by atomic mass is 32.2. The van der Waals surface area contributed by atoms with Crippen LogP contribution >= 0.6 is 11.8 Å². The van der Waals surface area contributed by atoms with Gasteiger partial charge in [0, 0.05) is 18.0 Å². The lowest BCUT2D eigenvalue weighted by Gasteiger charge is -2.33. The monoisotopic (exact) mass is 422 g/mol. The van der Waals surface area contributed by atoms with E-state index in [2.05, 4.69) is 5.32 Å². The fourth-order valence-electron chi connectivity index (χ4n) is 3.25. The number of thioether (sulfide) groups is 1. The Morgan fingerprint density at radius 3 is 2.46 bits per heavy atom. The quantitative estimate of drug-likeness (QED) is 0.725. The van der Waals surface area contributed by atoms with Crippen molar-refractivity contribution in [2.45, 2.75) is 41.6 Å². The standard InChI is InChI=1S/C20H23FN2O3S2/c1-27-17-9-5-15(6-10-17)14-22-20(24)19-4-2-3-13-23(19)28(25,26)18-11-7-16(21)8-12-18/h5-12,19H,2-4,13-14H2,1H3,(H,22,24)/t19-/m1/s1. The highest BCUT2D eigenvalue weighted by molar-refractivity contribution is 7.98. The van der Waals surface area contributed by atoms with E-state index < -0.39 is 21.9 Å². The molecule has 1 aliphatic rings. The van der Waals surface area contributed by atoms with Gasteiger partial charge >= 0.3 is 0 Å². The molecule has 28 heavy (non-hydrogen) atoms. The molecule has 1 amide bonds. The van der Waals surface area contributed by atoms with Crippen molar-refractivity contribution in [2.24, 2.45) is 0 Å². The highest BCUT2D eigenvalue weighted by Crippen LogP contribution is 2.26. The van der Waals surface area contributed by atoms with Gasteiger partial charge in [0.1, 0.15) is 11.9 Å². The first-order chi connectivity index (χ1) is 13.4. The van der Waals surface area contributed by atoms with Gasteiger partial charge in [-0.1, -0.05) is 18.6 Å². The maximum absolute atomic E-state index is 13.2. The van der Waals surface area contributed by atoms with Crippen LogP contribution in [0, 0.1) is 5.82 Å². The topological polar surface area (TPSA) is 66.5 Å². The zero-order chi connectivity index (χ0) is 20.1. The number of benzene rings is 2. The molecular weight excluding hydrogens is 399 g/mol. The Morgan fingerprint density at radius 1 is 1.14 bits per heavy atom. The molecule has 8 heteroatoms. The molecule has 1 heterocycles. The van der Waals surface area contributed by atoms with Gasteiger partial charge in [-0.05, 0) is 61.1 Å². The SMILES string of the molecule is CSc1ccc(CNC(=O)[C@H]2CCCCN2S(=O)(=O)c2ccc(F)cc2)cc1. The van der Waals surface area contributed by atoms with Gasteiger partial charge in [0.2, 0.25) is 15.9 Å². The van der Waals surface area contributed by atoms with E-state index in [1.54, 1.807) is 11.8 Å². The van der Waals surface area contributed by atoms with Crippen LogP contribution in [0.1, 0.15) is 24.8 Å². The molecule has 1 aliphatic heterocycles. The van der Waals surface area contributed by atoms with Crippen LogP contribution in [-0.2, 0) is 21.4 Å². The summed E-state index contributed by atoms with van der Waals surface area (Å²) < 4.78 is 40.4. The summed E-state index contributed by atoms with van der Waals surface area (Å²) in [6, 6.07) is 11.8. The molecule has 5 nitrogen and oxygen atoms in total. The summed E-state index contributed by atoms with van der Waals surface area (Å²) in [6.07, 6.45) is 3.95. The van der Waals surface area contributed by atoms with Crippen LogP contribution in [0.25, 0.3) is 0 Å². The first-order valence-electron chi connectivity index (χ1n) is 9.10. The molecule has 0 aliphatic carbocycles. The molecule has 1 atom stereocenters. The van der Waals surface area contributed by atoms with Crippen LogP contribution in [0.15, 0.2) is 58.3 Å². The van der Waals surface area contributed by atoms with Gasteiger partial charge < -0.3 is 5.32 Å². The van der Waals surface area contributed by atoms with E-state index in [1.165, 1.54) is 16.4 Å². The summed E-state index contributed by atoms with van der Waals surface area (Å²) in [5.41, 5.74) is 0.954. The third-order valence-corrected chi connectivity index (χ3v) is 7.47. The molecule has 0 aromatic heterocycles. The number of nitrogens with one attached hydrogen (secondary N) is 1. The average molecular weight is 423 g/mol. The fraction of sp³-hybridized carbons (Fsp3) is 0.350. The van der Waals surface area contributed by atoms with Crippen LogP contribution in [0.4, 0.5) is 4.39 Å². The second-order valence-electron chi connectivity index (χ2n) is 6.65. The Morgan fingerprint density at radius 2 is 1.82 bits per heavy atom. The molecule has 1 N–H and O–H groups in total. The number of carbonyl (C=O) groups excluding carboxylic acids is 1. The van der Waals surface area contributed by atoms with Crippen LogP contribution in [0.3, 0.4) is 0 Å². The number of carbonyl (C=O) groups is 1. The Bertz CT molecular complexity index is 915. The van der Waals surface area contributed by atoms with Crippen molar-refractivity contribution in [1.82, 2.24) is 9.62 Å². The molecule has 3 rings (SSSR count). The Balaban J connectivity index is 1.72. The summed E-state index contributed by atoms with van der Waals surface area (Å²) in [6.45, 7) is 0.620. The Hall–Kier alpha value is -1.90. The predicted molar refractivity (Wildman–Crippen MR) is 108 cm³/mol. The van der Waals surface area contributed by atoms with Crippen LogP contribution < -0.4 is 5.32 Å². The predicted octanol–water partition coefficient (Wildman–Crippen LogP) is 3.41. The second-order valence-corrected chi connectivity index (χ2v) is 9.42. The lowest BCUT2D eigenvalue weighted by Crippen LogP contribution is -2.51. The number of piperidine rings is 1. The number of hydrogen-bond donors (Lipinski definition) is 1. The van der Waals surface area contributed by atoms with E-state index in [4.69, 9.17) is 0 Å². The average Bonchev–Trinajstić information content (AvgIpc) is 2.72. The third-order valence-electron chi connectivity index (χ3n) is 4.80. The minimum absolute atomic E-state index is 0.00116. The van der Waals surface area contributed by atoms with E-state index >= 15 is 0 Å². The molecule has 0 bridgehead atoms. The zero-order valence-corrected chi connectivity index (χ0v) is 17.2. The smallest absolute Gasteiger partial charge is 0.243 e. The van der Waals surface area contributed by atoms with Crippen molar-refractivity contribution < 1.29 is 17.6 Å². The molecule has 1 fully saturated rings. The van der Waals surface area contributed by atoms with Gasteiger partial charge in [-0.3, -0.25) is 4.79 Å². The molecule has 150 valence electrons. The third kappa shape index (κ3) is 4.74. The highest BCUT2D eigenvalue weighted by Gasteiger charge is 2.37. The van der Waals surface area contributed by atoms with Crippen molar-refractivity contribution in [3.05, 3.63) is 59.9 Å². The molecule has 0 radical (unpaired) electrons. The number of halogens is 1. The second kappa shape index (κ2) is 9.07. The van der Waals surface area contributed by atoms with Crippen molar-refractivity contribution in [2.75, 3.05) is 12.8 Å². The van der Waals surface area contributed by atoms with Gasteiger partial charge in [-0.2, -0.15) is 4.31 Å². The van der Waals surface area contributed by atoms with Crippen LogP contribution in [0.5, 0.6) is 0 Å². The molecule has 2 aromatic rings. The minimum Gasteiger partial charge on any atom is -0.351 e. The van der Waals surface area contributed by atoms with Gasteiger partial charge in [0.15, 0.2) is 0 Å². The maximum atomic E-state index is 13.2. The first kappa shape index (κ1) is 20.8. The normalized spacial score (nSPS) is 18.0. The maximum Gasteiger partial charge on any atom is 0.243 e. The molecule has 0 saturated carbocycles. The number of nitrogens with zero attached hydrogens (tertiary/aromatic N) is 1. The molecule has 0 spiro atoms.